The monoisotopic (exact) mass is 438 g/mol. The largest absolute Gasteiger partial charge is 0.377 e. The Morgan fingerprint density at radius 2 is 1.94 bits per heavy atom. The molecule has 0 spiro atoms. The van der Waals surface area contributed by atoms with Gasteiger partial charge >= 0.3 is 0 Å². The number of nitrogens with one attached hydrogen (secondary N) is 2. The number of hydrogen-bond acceptors (Lipinski definition) is 5. The van der Waals surface area contributed by atoms with Gasteiger partial charge in [0, 0.05) is 28.7 Å². The van der Waals surface area contributed by atoms with Crippen LogP contribution in [0.25, 0.3) is 0 Å². The standard InChI is InChI=1S/C23H23ClN4O3/c1-2-19(27-23(29)14-4-6-15(24)7-5-14)22-17-10-16(11-18(17)22)26-20-8-3-13(12-25)9-21(20)28(30)31/h3-9,16-19,22,26H,2,10-11H2,1H3,(H,27,29). The van der Waals surface area contributed by atoms with E-state index < -0.39 is 4.92 Å². The predicted molar refractivity (Wildman–Crippen MR) is 118 cm³/mol. The minimum Gasteiger partial charge on any atom is -0.377 e. The van der Waals surface area contributed by atoms with Gasteiger partial charge in [-0.05, 0) is 73.4 Å². The molecule has 2 saturated carbocycles. The molecule has 4 rings (SSSR count). The number of nitro benzene ring substituents is 1. The number of carbonyl (C=O) groups is 1. The lowest BCUT2D eigenvalue weighted by Gasteiger charge is -2.22. The number of carbonyl (C=O) groups excluding carboxylic acids is 1. The molecule has 0 heterocycles. The Labute approximate surface area is 185 Å². The summed E-state index contributed by atoms with van der Waals surface area (Å²) in [5.41, 5.74) is 1.25. The number of nitriles is 1. The number of benzene rings is 2. The molecule has 3 atom stereocenters. The zero-order valence-corrected chi connectivity index (χ0v) is 17.8. The summed E-state index contributed by atoms with van der Waals surface area (Å²) in [5.74, 6) is 1.36. The maximum absolute atomic E-state index is 12.6. The first kappa shape index (κ1) is 21.1. The Morgan fingerprint density at radius 1 is 1.26 bits per heavy atom. The molecule has 2 aromatic carbocycles. The number of fused-ring (bicyclic) bond motifs is 1. The molecule has 160 valence electrons. The minimum absolute atomic E-state index is 0.0714. The summed E-state index contributed by atoms with van der Waals surface area (Å²) in [5, 5.41) is 27.4. The number of rotatable bonds is 7. The average molecular weight is 439 g/mol. The number of hydrogen-bond donors (Lipinski definition) is 2. The van der Waals surface area contributed by atoms with Gasteiger partial charge in [-0.25, -0.2) is 0 Å². The van der Waals surface area contributed by atoms with Crippen LogP contribution < -0.4 is 10.6 Å². The van der Waals surface area contributed by atoms with Crippen LogP contribution in [0.5, 0.6) is 0 Å². The summed E-state index contributed by atoms with van der Waals surface area (Å²) >= 11 is 5.90. The first-order valence-corrected chi connectivity index (χ1v) is 10.8. The Balaban J connectivity index is 1.35. The quantitative estimate of drug-likeness (QED) is 0.478. The number of nitrogens with zero attached hydrogens (tertiary/aromatic N) is 2. The molecule has 0 saturated heterocycles. The van der Waals surface area contributed by atoms with Crippen molar-refractivity contribution in [3.63, 3.8) is 0 Å². The SMILES string of the molecule is CCC(NC(=O)c1ccc(Cl)cc1)C1C2CC(Nc3ccc(C#N)cc3[N+](=O)[O-])CC21. The average Bonchev–Trinajstić information content (AvgIpc) is 3.25. The lowest BCUT2D eigenvalue weighted by atomic mass is 9.98. The van der Waals surface area contributed by atoms with Gasteiger partial charge in [0.05, 0.1) is 16.6 Å². The minimum atomic E-state index is -0.457. The third-order valence-electron chi connectivity index (χ3n) is 6.52. The van der Waals surface area contributed by atoms with E-state index in [-0.39, 0.29) is 29.2 Å². The summed E-state index contributed by atoms with van der Waals surface area (Å²) in [6.07, 6.45) is 2.69. The number of nitro groups is 1. The molecule has 2 fully saturated rings. The summed E-state index contributed by atoms with van der Waals surface area (Å²) in [6, 6.07) is 13.6. The molecule has 0 radical (unpaired) electrons. The Morgan fingerprint density at radius 3 is 2.52 bits per heavy atom. The van der Waals surface area contributed by atoms with Gasteiger partial charge in [0.25, 0.3) is 11.6 Å². The van der Waals surface area contributed by atoms with Gasteiger partial charge in [0.2, 0.25) is 0 Å². The molecule has 0 aromatic heterocycles. The van der Waals surface area contributed by atoms with Crippen molar-refractivity contribution in [1.82, 2.24) is 5.32 Å². The van der Waals surface area contributed by atoms with E-state index in [4.69, 9.17) is 16.9 Å². The molecule has 8 heteroatoms. The van der Waals surface area contributed by atoms with E-state index >= 15 is 0 Å². The smallest absolute Gasteiger partial charge is 0.293 e. The van der Waals surface area contributed by atoms with Crippen molar-refractivity contribution in [3.05, 3.63) is 68.7 Å². The van der Waals surface area contributed by atoms with Gasteiger partial charge in [-0.15, -0.1) is 0 Å². The maximum atomic E-state index is 12.6. The second-order valence-electron chi connectivity index (χ2n) is 8.31. The maximum Gasteiger partial charge on any atom is 0.293 e. The van der Waals surface area contributed by atoms with Gasteiger partial charge < -0.3 is 10.6 Å². The van der Waals surface area contributed by atoms with Crippen LogP contribution in [0.15, 0.2) is 42.5 Å². The molecule has 3 unspecified atom stereocenters. The third-order valence-corrected chi connectivity index (χ3v) is 6.77. The van der Waals surface area contributed by atoms with E-state index in [0.29, 0.717) is 34.0 Å². The van der Waals surface area contributed by atoms with Gasteiger partial charge in [-0.3, -0.25) is 14.9 Å². The predicted octanol–water partition coefficient (Wildman–Crippen LogP) is 4.76. The first-order valence-electron chi connectivity index (χ1n) is 10.4. The highest BCUT2D eigenvalue weighted by atomic mass is 35.5. The molecular weight excluding hydrogens is 416 g/mol. The van der Waals surface area contributed by atoms with Gasteiger partial charge in [0.15, 0.2) is 0 Å². The summed E-state index contributed by atoms with van der Waals surface area (Å²) in [4.78, 5) is 23.5. The third kappa shape index (κ3) is 4.35. The second kappa shape index (κ2) is 8.56. The molecule has 2 aliphatic rings. The fourth-order valence-corrected chi connectivity index (χ4v) is 5.15. The zero-order chi connectivity index (χ0) is 22.1. The Bertz CT molecular complexity index is 1040. The number of anilines is 1. The summed E-state index contributed by atoms with van der Waals surface area (Å²) < 4.78 is 0. The van der Waals surface area contributed by atoms with Crippen LogP contribution in [-0.4, -0.2) is 22.9 Å². The summed E-state index contributed by atoms with van der Waals surface area (Å²) in [7, 11) is 0. The highest BCUT2D eigenvalue weighted by Gasteiger charge is 2.58. The van der Waals surface area contributed by atoms with Crippen molar-refractivity contribution in [2.75, 3.05) is 5.32 Å². The van der Waals surface area contributed by atoms with Gasteiger partial charge in [-0.2, -0.15) is 5.26 Å². The van der Waals surface area contributed by atoms with Gasteiger partial charge in [-0.1, -0.05) is 18.5 Å². The van der Waals surface area contributed by atoms with Crippen molar-refractivity contribution < 1.29 is 9.72 Å². The van der Waals surface area contributed by atoms with Crippen molar-refractivity contribution in [2.24, 2.45) is 17.8 Å². The topological polar surface area (TPSA) is 108 Å². The van der Waals surface area contributed by atoms with Crippen LogP contribution in [0.2, 0.25) is 5.02 Å². The molecule has 0 aliphatic heterocycles. The van der Waals surface area contributed by atoms with E-state index in [1.165, 1.54) is 6.07 Å². The summed E-state index contributed by atoms with van der Waals surface area (Å²) in [6.45, 7) is 2.08. The normalized spacial score (nSPS) is 24.5. The lowest BCUT2D eigenvalue weighted by Crippen LogP contribution is -2.38. The molecule has 2 aliphatic carbocycles. The van der Waals surface area contributed by atoms with E-state index in [1.54, 1.807) is 36.4 Å². The Kier molecular flexibility index (Phi) is 5.84. The van der Waals surface area contributed by atoms with Crippen LogP contribution in [-0.2, 0) is 0 Å². The fourth-order valence-electron chi connectivity index (χ4n) is 5.02. The van der Waals surface area contributed by atoms with Crippen LogP contribution in [0.1, 0.15) is 42.1 Å². The molecule has 31 heavy (non-hydrogen) atoms. The van der Waals surface area contributed by atoms with E-state index in [2.05, 4.69) is 17.6 Å². The van der Waals surface area contributed by atoms with Crippen LogP contribution in [0.3, 0.4) is 0 Å². The van der Waals surface area contributed by atoms with Crippen LogP contribution >= 0.6 is 11.6 Å². The Hall–Kier alpha value is -3.11. The highest BCUT2D eigenvalue weighted by molar-refractivity contribution is 6.30. The second-order valence-corrected chi connectivity index (χ2v) is 8.75. The zero-order valence-electron chi connectivity index (χ0n) is 17.0. The van der Waals surface area contributed by atoms with Crippen LogP contribution in [0.4, 0.5) is 11.4 Å². The molecule has 2 aromatic rings. The van der Waals surface area contributed by atoms with Crippen molar-refractivity contribution in [3.8, 4) is 6.07 Å². The van der Waals surface area contributed by atoms with Gasteiger partial charge in [0.1, 0.15) is 5.69 Å². The molecule has 7 nitrogen and oxygen atoms in total. The van der Waals surface area contributed by atoms with Crippen molar-refractivity contribution in [2.45, 2.75) is 38.3 Å². The number of amides is 1. The number of halogens is 1. The fraction of sp³-hybridized carbons (Fsp3) is 0.391. The van der Waals surface area contributed by atoms with Crippen LogP contribution in [0, 0.1) is 39.2 Å². The lowest BCUT2D eigenvalue weighted by molar-refractivity contribution is -0.384. The van der Waals surface area contributed by atoms with E-state index in [0.717, 1.165) is 19.3 Å². The van der Waals surface area contributed by atoms with Crippen molar-refractivity contribution >= 4 is 28.9 Å². The highest BCUT2D eigenvalue weighted by Crippen LogP contribution is 2.60. The molecule has 1 amide bonds. The molecule has 0 bridgehead atoms. The molecule has 2 N–H and O–H groups in total. The van der Waals surface area contributed by atoms with Crippen molar-refractivity contribution in [1.29, 1.82) is 5.26 Å². The van der Waals surface area contributed by atoms with E-state index in [1.807, 2.05) is 6.07 Å². The first-order chi connectivity index (χ1) is 14.9. The van der Waals surface area contributed by atoms with E-state index in [9.17, 15) is 14.9 Å². The molecular formula is C23H23ClN4O3.